The van der Waals surface area contributed by atoms with E-state index in [0.717, 1.165) is 12.5 Å². The van der Waals surface area contributed by atoms with Gasteiger partial charge < -0.3 is 10.0 Å². The Balaban J connectivity index is 2.05. The van der Waals surface area contributed by atoms with Crippen LogP contribution in [0.2, 0.25) is 0 Å². The van der Waals surface area contributed by atoms with E-state index in [9.17, 15) is 0 Å². The predicted molar refractivity (Wildman–Crippen MR) is 65.1 cm³/mol. The molecule has 0 aromatic rings. The molecule has 0 aromatic carbocycles. The zero-order valence-electron chi connectivity index (χ0n) is 10.2. The molecule has 0 saturated heterocycles. The number of rotatable bonds is 8. The van der Waals surface area contributed by atoms with Crippen molar-refractivity contribution in [3.05, 3.63) is 0 Å². The third-order valence-electron chi connectivity index (χ3n) is 3.60. The standard InChI is InChI=1S/C13H27NO/c1-2-14(13-9-5-6-10-13)11-7-3-4-8-12-15/h13,15H,2-12H2,1H3. The van der Waals surface area contributed by atoms with Gasteiger partial charge in [0.1, 0.15) is 0 Å². The van der Waals surface area contributed by atoms with E-state index in [2.05, 4.69) is 11.8 Å². The van der Waals surface area contributed by atoms with Crippen molar-refractivity contribution >= 4 is 0 Å². The van der Waals surface area contributed by atoms with Crippen LogP contribution in [0.25, 0.3) is 0 Å². The summed E-state index contributed by atoms with van der Waals surface area (Å²) in [6.07, 6.45) is 10.5. The van der Waals surface area contributed by atoms with Gasteiger partial charge in [-0.3, -0.25) is 0 Å². The second-order valence-corrected chi connectivity index (χ2v) is 4.70. The minimum Gasteiger partial charge on any atom is -0.396 e. The maximum Gasteiger partial charge on any atom is 0.0431 e. The first-order valence-electron chi connectivity index (χ1n) is 6.73. The summed E-state index contributed by atoms with van der Waals surface area (Å²) in [5.74, 6) is 0. The number of aliphatic hydroxyl groups is 1. The van der Waals surface area contributed by atoms with Crippen LogP contribution in [0.4, 0.5) is 0 Å². The summed E-state index contributed by atoms with van der Waals surface area (Å²) in [6, 6.07) is 0.882. The predicted octanol–water partition coefficient (Wildman–Crippen LogP) is 2.80. The summed E-state index contributed by atoms with van der Waals surface area (Å²) in [5.41, 5.74) is 0. The van der Waals surface area contributed by atoms with Crippen molar-refractivity contribution < 1.29 is 5.11 Å². The highest BCUT2D eigenvalue weighted by molar-refractivity contribution is 4.76. The molecule has 2 nitrogen and oxygen atoms in total. The molecule has 0 heterocycles. The molecule has 0 radical (unpaired) electrons. The molecule has 1 N–H and O–H groups in total. The maximum absolute atomic E-state index is 8.68. The molecule has 0 bridgehead atoms. The van der Waals surface area contributed by atoms with Crippen LogP contribution >= 0.6 is 0 Å². The molecule has 2 heteroatoms. The Labute approximate surface area is 94.7 Å². The summed E-state index contributed by atoms with van der Waals surface area (Å²) in [7, 11) is 0. The lowest BCUT2D eigenvalue weighted by molar-refractivity contribution is 0.203. The van der Waals surface area contributed by atoms with Gasteiger partial charge in [0.05, 0.1) is 0 Å². The van der Waals surface area contributed by atoms with Gasteiger partial charge in [-0.2, -0.15) is 0 Å². The third kappa shape index (κ3) is 4.98. The average Bonchev–Trinajstić information content (AvgIpc) is 2.77. The van der Waals surface area contributed by atoms with Gasteiger partial charge in [0.15, 0.2) is 0 Å². The van der Waals surface area contributed by atoms with Crippen molar-refractivity contribution in [3.8, 4) is 0 Å². The van der Waals surface area contributed by atoms with Crippen LogP contribution in [0.5, 0.6) is 0 Å². The largest absolute Gasteiger partial charge is 0.396 e. The van der Waals surface area contributed by atoms with Crippen LogP contribution in [-0.4, -0.2) is 35.7 Å². The van der Waals surface area contributed by atoms with E-state index in [1.165, 1.54) is 58.0 Å². The molecule has 0 unspecified atom stereocenters. The van der Waals surface area contributed by atoms with Crippen LogP contribution in [0.3, 0.4) is 0 Å². The normalized spacial score (nSPS) is 17.8. The molecule has 1 saturated carbocycles. The van der Waals surface area contributed by atoms with E-state index in [1.807, 2.05) is 0 Å². The summed E-state index contributed by atoms with van der Waals surface area (Å²) < 4.78 is 0. The maximum atomic E-state index is 8.68. The monoisotopic (exact) mass is 213 g/mol. The molecule has 1 aliphatic rings. The Morgan fingerprint density at radius 2 is 1.73 bits per heavy atom. The van der Waals surface area contributed by atoms with Crippen molar-refractivity contribution in [1.82, 2.24) is 4.90 Å². The molecule has 1 fully saturated rings. The van der Waals surface area contributed by atoms with Crippen LogP contribution in [0.1, 0.15) is 58.3 Å². The fraction of sp³-hybridized carbons (Fsp3) is 1.00. The molecule has 15 heavy (non-hydrogen) atoms. The molecule has 0 amide bonds. The zero-order valence-corrected chi connectivity index (χ0v) is 10.2. The number of hydrogen-bond acceptors (Lipinski definition) is 2. The second-order valence-electron chi connectivity index (χ2n) is 4.70. The van der Waals surface area contributed by atoms with Gasteiger partial charge in [0.25, 0.3) is 0 Å². The molecular weight excluding hydrogens is 186 g/mol. The van der Waals surface area contributed by atoms with Crippen molar-refractivity contribution in [3.63, 3.8) is 0 Å². The highest BCUT2D eigenvalue weighted by Crippen LogP contribution is 2.23. The third-order valence-corrected chi connectivity index (χ3v) is 3.60. The fourth-order valence-corrected chi connectivity index (χ4v) is 2.65. The molecule has 1 rings (SSSR count). The van der Waals surface area contributed by atoms with Gasteiger partial charge in [-0.1, -0.05) is 32.6 Å². The fourth-order valence-electron chi connectivity index (χ4n) is 2.65. The van der Waals surface area contributed by atoms with Gasteiger partial charge in [0.2, 0.25) is 0 Å². The van der Waals surface area contributed by atoms with Gasteiger partial charge in [-0.05, 0) is 38.8 Å². The van der Waals surface area contributed by atoms with Gasteiger partial charge in [-0.15, -0.1) is 0 Å². The molecule has 0 spiro atoms. The average molecular weight is 213 g/mol. The van der Waals surface area contributed by atoms with Crippen molar-refractivity contribution in [2.75, 3.05) is 19.7 Å². The van der Waals surface area contributed by atoms with Gasteiger partial charge in [-0.25, -0.2) is 0 Å². The van der Waals surface area contributed by atoms with Crippen LogP contribution in [-0.2, 0) is 0 Å². The van der Waals surface area contributed by atoms with E-state index in [0.29, 0.717) is 6.61 Å². The molecule has 0 atom stereocenters. The highest BCUT2D eigenvalue weighted by atomic mass is 16.2. The Bertz CT molecular complexity index is 143. The quantitative estimate of drug-likeness (QED) is 0.627. The Morgan fingerprint density at radius 3 is 2.33 bits per heavy atom. The van der Waals surface area contributed by atoms with Crippen molar-refractivity contribution in [2.24, 2.45) is 0 Å². The summed E-state index contributed by atoms with van der Waals surface area (Å²) in [4.78, 5) is 2.66. The Morgan fingerprint density at radius 1 is 1.07 bits per heavy atom. The lowest BCUT2D eigenvalue weighted by atomic mass is 10.1. The smallest absolute Gasteiger partial charge is 0.0431 e. The van der Waals surface area contributed by atoms with Crippen LogP contribution in [0, 0.1) is 0 Å². The number of hydrogen-bond donors (Lipinski definition) is 1. The minimum absolute atomic E-state index is 0.361. The van der Waals surface area contributed by atoms with Crippen molar-refractivity contribution in [1.29, 1.82) is 0 Å². The topological polar surface area (TPSA) is 23.5 Å². The van der Waals surface area contributed by atoms with Crippen molar-refractivity contribution in [2.45, 2.75) is 64.3 Å². The van der Waals surface area contributed by atoms with Gasteiger partial charge in [0, 0.05) is 12.6 Å². The first-order chi connectivity index (χ1) is 7.38. The van der Waals surface area contributed by atoms with E-state index in [4.69, 9.17) is 5.11 Å². The van der Waals surface area contributed by atoms with E-state index < -0.39 is 0 Å². The Kier molecular flexibility index (Phi) is 7.03. The first kappa shape index (κ1) is 13.0. The SMILES string of the molecule is CCN(CCCCCCO)C1CCCC1. The number of nitrogens with zero attached hydrogens (tertiary/aromatic N) is 1. The molecule has 0 aromatic heterocycles. The molecule has 90 valence electrons. The van der Waals surface area contributed by atoms with Crippen LogP contribution < -0.4 is 0 Å². The van der Waals surface area contributed by atoms with Gasteiger partial charge >= 0.3 is 0 Å². The molecule has 0 aliphatic heterocycles. The second kappa shape index (κ2) is 8.12. The summed E-state index contributed by atoms with van der Waals surface area (Å²) >= 11 is 0. The molecular formula is C13H27NO. The minimum atomic E-state index is 0.361. The zero-order chi connectivity index (χ0) is 10.9. The highest BCUT2D eigenvalue weighted by Gasteiger charge is 2.20. The summed E-state index contributed by atoms with van der Waals surface area (Å²) in [5, 5.41) is 8.68. The summed E-state index contributed by atoms with van der Waals surface area (Å²) in [6.45, 7) is 5.13. The first-order valence-corrected chi connectivity index (χ1v) is 6.73. The lowest BCUT2D eigenvalue weighted by Gasteiger charge is -2.27. The lowest BCUT2D eigenvalue weighted by Crippen LogP contribution is -2.33. The van der Waals surface area contributed by atoms with E-state index in [-0.39, 0.29) is 0 Å². The number of aliphatic hydroxyl groups excluding tert-OH is 1. The Hall–Kier alpha value is -0.0800. The number of unbranched alkanes of at least 4 members (excludes halogenated alkanes) is 3. The van der Waals surface area contributed by atoms with E-state index >= 15 is 0 Å². The molecule has 1 aliphatic carbocycles. The van der Waals surface area contributed by atoms with E-state index in [1.54, 1.807) is 0 Å². The van der Waals surface area contributed by atoms with Crippen LogP contribution in [0.15, 0.2) is 0 Å².